The monoisotopic (exact) mass is 249 g/mol. The molecular weight excluding hydrogens is 230 g/mol. The first-order valence-electron chi connectivity index (χ1n) is 6.16. The summed E-state index contributed by atoms with van der Waals surface area (Å²) in [5, 5.41) is 2.52. The van der Waals surface area contributed by atoms with Crippen molar-refractivity contribution in [3.63, 3.8) is 0 Å². The van der Waals surface area contributed by atoms with Crippen molar-refractivity contribution in [3.05, 3.63) is 24.3 Å². The van der Waals surface area contributed by atoms with Crippen molar-refractivity contribution in [2.45, 2.75) is 19.8 Å². The number of rotatable bonds is 6. The summed E-state index contributed by atoms with van der Waals surface area (Å²) in [5.74, 6) is 0. The molecule has 1 aromatic carbocycles. The molecule has 17 heavy (non-hydrogen) atoms. The largest absolute Gasteiger partial charge is 0.360 e. The van der Waals surface area contributed by atoms with Crippen molar-refractivity contribution in [2.24, 2.45) is 5.73 Å². The fourth-order valence-electron chi connectivity index (χ4n) is 1.92. The Morgan fingerprint density at radius 2 is 2.12 bits per heavy atom. The molecule has 0 saturated carbocycles. The Morgan fingerprint density at radius 3 is 2.88 bits per heavy atom. The van der Waals surface area contributed by atoms with Crippen LogP contribution in [0.4, 0.5) is 5.00 Å². The summed E-state index contributed by atoms with van der Waals surface area (Å²) < 4.78 is 4.49. The van der Waals surface area contributed by atoms with E-state index in [1.807, 2.05) is 6.07 Å². The van der Waals surface area contributed by atoms with Gasteiger partial charge in [0.15, 0.2) is 0 Å². The van der Waals surface area contributed by atoms with Gasteiger partial charge in [-0.3, -0.25) is 0 Å². The summed E-state index contributed by atoms with van der Waals surface area (Å²) >= 11 is 1.58. The van der Waals surface area contributed by atoms with Gasteiger partial charge in [0.05, 0.1) is 5.52 Å². The second-order valence-electron chi connectivity index (χ2n) is 4.13. The third-order valence-electron chi connectivity index (χ3n) is 2.83. The van der Waals surface area contributed by atoms with Crippen LogP contribution in [0.15, 0.2) is 24.3 Å². The van der Waals surface area contributed by atoms with Crippen molar-refractivity contribution in [3.8, 4) is 0 Å². The van der Waals surface area contributed by atoms with Crippen LogP contribution in [0.25, 0.3) is 10.9 Å². The smallest absolute Gasteiger partial charge is 0.120 e. The van der Waals surface area contributed by atoms with Crippen molar-refractivity contribution < 1.29 is 0 Å². The molecule has 4 heteroatoms. The SMILES string of the molecule is CCCCN(CCN)c1snc2ccccc12. The second kappa shape index (κ2) is 5.98. The molecule has 0 radical (unpaired) electrons. The summed E-state index contributed by atoms with van der Waals surface area (Å²) in [6, 6.07) is 8.31. The average molecular weight is 249 g/mol. The zero-order chi connectivity index (χ0) is 12.1. The van der Waals surface area contributed by atoms with Gasteiger partial charge in [-0.1, -0.05) is 25.5 Å². The highest BCUT2D eigenvalue weighted by atomic mass is 32.1. The first-order chi connectivity index (χ1) is 8.36. The molecule has 0 atom stereocenters. The summed E-state index contributed by atoms with van der Waals surface area (Å²) in [6.07, 6.45) is 2.41. The van der Waals surface area contributed by atoms with Gasteiger partial charge < -0.3 is 10.6 Å². The first-order valence-corrected chi connectivity index (χ1v) is 6.93. The minimum absolute atomic E-state index is 0.690. The average Bonchev–Trinajstić information content (AvgIpc) is 2.78. The molecule has 3 nitrogen and oxygen atoms in total. The Bertz CT molecular complexity index is 466. The summed E-state index contributed by atoms with van der Waals surface area (Å²) in [6.45, 7) is 4.88. The highest BCUT2D eigenvalue weighted by Crippen LogP contribution is 2.30. The Morgan fingerprint density at radius 1 is 1.29 bits per heavy atom. The molecule has 1 heterocycles. The molecular formula is C13H19N3S. The quantitative estimate of drug-likeness (QED) is 0.856. The number of fused-ring (bicyclic) bond motifs is 1. The topological polar surface area (TPSA) is 42.1 Å². The van der Waals surface area contributed by atoms with E-state index >= 15 is 0 Å². The molecule has 0 fully saturated rings. The lowest BCUT2D eigenvalue weighted by Gasteiger charge is -2.22. The number of nitrogens with zero attached hydrogens (tertiary/aromatic N) is 2. The number of hydrogen-bond acceptors (Lipinski definition) is 4. The van der Waals surface area contributed by atoms with E-state index < -0.39 is 0 Å². The van der Waals surface area contributed by atoms with Crippen LogP contribution < -0.4 is 10.6 Å². The van der Waals surface area contributed by atoms with Crippen LogP contribution in [0.3, 0.4) is 0 Å². The summed E-state index contributed by atoms with van der Waals surface area (Å²) in [7, 11) is 0. The molecule has 92 valence electrons. The highest BCUT2D eigenvalue weighted by molar-refractivity contribution is 7.11. The van der Waals surface area contributed by atoms with Gasteiger partial charge in [-0.05, 0) is 30.1 Å². The fourth-order valence-corrected chi connectivity index (χ4v) is 2.84. The number of unbranched alkanes of at least 4 members (excludes halogenated alkanes) is 1. The normalized spacial score (nSPS) is 10.9. The van der Waals surface area contributed by atoms with Crippen molar-refractivity contribution in [1.82, 2.24) is 4.37 Å². The van der Waals surface area contributed by atoms with Gasteiger partial charge in [0.1, 0.15) is 5.00 Å². The molecule has 2 N–H and O–H groups in total. The maximum absolute atomic E-state index is 5.69. The summed E-state index contributed by atoms with van der Waals surface area (Å²) in [5.41, 5.74) is 6.78. The predicted molar refractivity (Wildman–Crippen MR) is 75.8 cm³/mol. The van der Waals surface area contributed by atoms with Crippen LogP contribution >= 0.6 is 11.5 Å². The van der Waals surface area contributed by atoms with Gasteiger partial charge in [-0.2, -0.15) is 4.37 Å². The first kappa shape index (κ1) is 12.3. The lowest BCUT2D eigenvalue weighted by molar-refractivity contribution is 0.721. The minimum atomic E-state index is 0.690. The van der Waals surface area contributed by atoms with E-state index in [0.717, 1.165) is 18.6 Å². The van der Waals surface area contributed by atoms with Gasteiger partial charge in [0.2, 0.25) is 0 Å². The molecule has 0 aliphatic rings. The van der Waals surface area contributed by atoms with E-state index in [4.69, 9.17) is 5.73 Å². The predicted octanol–water partition coefficient (Wildman–Crippen LogP) is 2.86. The number of hydrogen-bond donors (Lipinski definition) is 1. The van der Waals surface area contributed by atoms with Crippen LogP contribution in [-0.2, 0) is 0 Å². The minimum Gasteiger partial charge on any atom is -0.360 e. The molecule has 2 aromatic rings. The van der Waals surface area contributed by atoms with E-state index in [-0.39, 0.29) is 0 Å². The third-order valence-corrected chi connectivity index (χ3v) is 3.77. The van der Waals surface area contributed by atoms with Crippen molar-refractivity contribution >= 4 is 27.4 Å². The number of nitrogens with two attached hydrogens (primary N) is 1. The van der Waals surface area contributed by atoms with Gasteiger partial charge in [0.25, 0.3) is 0 Å². The van der Waals surface area contributed by atoms with Crippen LogP contribution in [0.1, 0.15) is 19.8 Å². The van der Waals surface area contributed by atoms with Gasteiger partial charge >= 0.3 is 0 Å². The van der Waals surface area contributed by atoms with Crippen LogP contribution in [0.5, 0.6) is 0 Å². The Kier molecular flexibility index (Phi) is 4.34. The Hall–Kier alpha value is -1.13. The molecule has 0 unspecified atom stereocenters. The number of anilines is 1. The second-order valence-corrected chi connectivity index (χ2v) is 4.89. The summed E-state index contributed by atoms with van der Waals surface area (Å²) in [4.78, 5) is 2.36. The van der Waals surface area contributed by atoms with Crippen LogP contribution in [-0.4, -0.2) is 24.0 Å². The van der Waals surface area contributed by atoms with Gasteiger partial charge in [-0.15, -0.1) is 0 Å². The van der Waals surface area contributed by atoms with E-state index in [9.17, 15) is 0 Å². The van der Waals surface area contributed by atoms with Gasteiger partial charge in [0, 0.05) is 25.0 Å². The van der Waals surface area contributed by atoms with Gasteiger partial charge in [-0.25, -0.2) is 0 Å². The van der Waals surface area contributed by atoms with Crippen LogP contribution in [0, 0.1) is 0 Å². The maximum atomic E-state index is 5.69. The molecule has 0 saturated heterocycles. The molecule has 0 amide bonds. The lowest BCUT2D eigenvalue weighted by atomic mass is 10.2. The van der Waals surface area contributed by atoms with Crippen LogP contribution in [0.2, 0.25) is 0 Å². The molecule has 2 rings (SSSR count). The molecule has 0 aliphatic heterocycles. The Labute approximate surface area is 106 Å². The van der Waals surface area contributed by atoms with E-state index in [1.165, 1.54) is 23.2 Å². The standard InChI is InChI=1S/C13H19N3S/c1-2-3-9-16(10-8-14)13-11-6-4-5-7-12(11)15-17-13/h4-7H,2-3,8-10,14H2,1H3. The molecule has 0 spiro atoms. The highest BCUT2D eigenvalue weighted by Gasteiger charge is 2.12. The van der Waals surface area contributed by atoms with E-state index in [1.54, 1.807) is 11.5 Å². The molecule has 0 bridgehead atoms. The third kappa shape index (κ3) is 2.76. The fraction of sp³-hybridized carbons (Fsp3) is 0.462. The zero-order valence-electron chi connectivity index (χ0n) is 10.2. The maximum Gasteiger partial charge on any atom is 0.120 e. The van der Waals surface area contributed by atoms with Crippen molar-refractivity contribution in [1.29, 1.82) is 0 Å². The van der Waals surface area contributed by atoms with E-state index in [0.29, 0.717) is 6.54 Å². The zero-order valence-corrected chi connectivity index (χ0v) is 11.0. The number of benzene rings is 1. The molecule has 0 aliphatic carbocycles. The number of aromatic nitrogens is 1. The van der Waals surface area contributed by atoms with E-state index in [2.05, 4.69) is 34.4 Å². The Balaban J connectivity index is 2.27. The lowest BCUT2D eigenvalue weighted by Crippen LogP contribution is -2.29. The van der Waals surface area contributed by atoms with Crippen molar-refractivity contribution in [2.75, 3.05) is 24.5 Å². The molecule has 1 aromatic heterocycles.